The van der Waals surface area contributed by atoms with Crippen molar-refractivity contribution < 1.29 is 13.7 Å². The Morgan fingerprint density at radius 1 is 0.661 bits per heavy atom. The summed E-state index contributed by atoms with van der Waals surface area (Å²) in [4.78, 5) is 4.86. The lowest BCUT2D eigenvalue weighted by atomic mass is 9.88. The number of para-hydroxylation sites is 4. The van der Waals surface area contributed by atoms with E-state index >= 15 is 0 Å². The van der Waals surface area contributed by atoms with Gasteiger partial charge in [-0.3, -0.25) is 13.7 Å². The molecule has 0 aliphatic heterocycles. The molecular weight excluding hydrogens is 705 g/mol. The number of ether oxygens (including phenoxy) is 1. The van der Waals surface area contributed by atoms with E-state index in [0.717, 1.165) is 78.1 Å². The zero-order chi connectivity index (χ0) is 38.3. The maximum atomic E-state index is 6.70. The molecule has 4 heterocycles. The number of furan rings is 1. The molecular formula is C49H42N4O2Si. The number of pyridine rings is 1. The number of fused-ring (bicyclic) bond motifs is 7. The summed E-state index contributed by atoms with van der Waals surface area (Å²) in [5.74, 6) is 2.38. The lowest BCUT2D eigenvalue weighted by Crippen LogP contribution is -2.47. The standard InChI is InChI=1S/C49H42N4O2Si/c1-49(2,3)32-26-27-50-46(28-32)53-39-18-9-7-16-36(39)37-23-22-35(30-42(37)53)54-34-15-13-14-33(29-34)51-31-52(41-20-11-10-19-40(41)51)48-45(56(4,5)6)25-24-44-47(48)38-17-8-12-21-43(38)55-44/h7-30H,1-6H3. The van der Waals surface area contributed by atoms with Gasteiger partial charge in [-0.25, -0.2) is 4.98 Å². The molecule has 0 fully saturated rings. The van der Waals surface area contributed by atoms with Crippen LogP contribution >= 0.6 is 0 Å². The number of hydrogen-bond acceptors (Lipinski definition) is 3. The van der Waals surface area contributed by atoms with E-state index in [1.165, 1.54) is 16.1 Å². The van der Waals surface area contributed by atoms with Crippen LogP contribution in [0.1, 0.15) is 26.3 Å². The maximum Gasteiger partial charge on any atom is 0.269 e. The van der Waals surface area contributed by atoms with Crippen LogP contribution in [-0.4, -0.2) is 22.2 Å². The fourth-order valence-electron chi connectivity index (χ4n) is 8.14. The van der Waals surface area contributed by atoms with Crippen molar-refractivity contribution in [2.45, 2.75) is 45.8 Å². The SMILES string of the molecule is CC(C)(C)c1ccnc(-n2c3ccccc3c3ccc(Oc4cccc(-n5[c-][n+](-c6c([Si](C)(C)C)ccc7oc8ccccc8c67)c6ccccc65)c4)cc32)c1. The van der Waals surface area contributed by atoms with Gasteiger partial charge in [0.15, 0.2) is 0 Å². The minimum Gasteiger partial charge on any atom is -0.458 e. The Bertz CT molecular complexity index is 3150. The molecule has 6 nitrogen and oxygen atoms in total. The predicted octanol–water partition coefficient (Wildman–Crippen LogP) is 11.7. The van der Waals surface area contributed by atoms with Crippen LogP contribution in [-0.2, 0) is 5.41 Å². The third-order valence-corrected chi connectivity index (χ3v) is 12.9. The smallest absolute Gasteiger partial charge is 0.269 e. The van der Waals surface area contributed by atoms with E-state index in [1.807, 2.05) is 24.4 Å². The minimum atomic E-state index is -1.83. The molecule has 0 saturated heterocycles. The molecule has 7 heteroatoms. The van der Waals surface area contributed by atoms with Gasteiger partial charge in [-0.1, -0.05) is 113 Å². The van der Waals surface area contributed by atoms with Gasteiger partial charge in [-0.15, -0.1) is 0 Å². The summed E-state index contributed by atoms with van der Waals surface area (Å²) in [6.45, 7) is 13.9. The molecule has 274 valence electrons. The van der Waals surface area contributed by atoms with E-state index in [2.05, 4.69) is 182 Å². The first-order valence-electron chi connectivity index (χ1n) is 19.2. The van der Waals surface area contributed by atoms with Crippen LogP contribution in [0.4, 0.5) is 0 Å². The second kappa shape index (κ2) is 12.5. The molecule has 56 heavy (non-hydrogen) atoms. The van der Waals surface area contributed by atoms with E-state index in [9.17, 15) is 0 Å². The van der Waals surface area contributed by atoms with Crippen molar-refractivity contribution >= 4 is 68.0 Å². The zero-order valence-electron chi connectivity index (χ0n) is 32.5. The molecule has 4 aromatic heterocycles. The van der Waals surface area contributed by atoms with Gasteiger partial charge in [0.2, 0.25) is 0 Å². The molecule has 10 rings (SSSR count). The van der Waals surface area contributed by atoms with Crippen LogP contribution in [0.2, 0.25) is 19.6 Å². The summed E-state index contributed by atoms with van der Waals surface area (Å²) in [5.41, 5.74) is 9.36. The minimum absolute atomic E-state index is 0.00491. The fraction of sp³-hybridized carbons (Fsp3) is 0.143. The van der Waals surface area contributed by atoms with Crippen LogP contribution in [0.15, 0.2) is 150 Å². The number of hydrogen-bond donors (Lipinski definition) is 0. The van der Waals surface area contributed by atoms with Crippen molar-refractivity contribution in [3.8, 4) is 28.7 Å². The van der Waals surface area contributed by atoms with Crippen LogP contribution < -0.4 is 14.5 Å². The Kier molecular flexibility index (Phi) is 7.63. The van der Waals surface area contributed by atoms with E-state index < -0.39 is 8.07 Å². The average Bonchev–Trinajstić information content (AvgIpc) is 3.87. The highest BCUT2D eigenvalue weighted by molar-refractivity contribution is 6.89. The Morgan fingerprint density at radius 2 is 1.39 bits per heavy atom. The second-order valence-corrected chi connectivity index (χ2v) is 21.8. The molecule has 6 aromatic carbocycles. The van der Waals surface area contributed by atoms with E-state index in [-0.39, 0.29) is 5.41 Å². The van der Waals surface area contributed by atoms with Gasteiger partial charge < -0.3 is 9.15 Å². The molecule has 10 aromatic rings. The number of rotatable bonds is 6. The highest BCUT2D eigenvalue weighted by atomic mass is 28.3. The molecule has 0 spiro atoms. The molecule has 0 atom stereocenters. The quantitative estimate of drug-likeness (QED) is 0.0967. The lowest BCUT2D eigenvalue weighted by Gasteiger charge is -2.22. The monoisotopic (exact) mass is 746 g/mol. The molecule has 0 saturated carbocycles. The molecule has 0 unspecified atom stereocenters. The normalized spacial score (nSPS) is 12.5. The summed E-state index contributed by atoms with van der Waals surface area (Å²) < 4.78 is 19.8. The van der Waals surface area contributed by atoms with Crippen LogP contribution in [0.5, 0.6) is 11.5 Å². The van der Waals surface area contributed by atoms with Gasteiger partial charge in [-0.05, 0) is 76.8 Å². The van der Waals surface area contributed by atoms with Gasteiger partial charge >= 0.3 is 0 Å². The number of nitrogens with zero attached hydrogens (tertiary/aromatic N) is 4. The third kappa shape index (κ3) is 5.53. The second-order valence-electron chi connectivity index (χ2n) is 16.7. The highest BCUT2D eigenvalue weighted by Gasteiger charge is 2.27. The van der Waals surface area contributed by atoms with Crippen molar-refractivity contribution in [1.29, 1.82) is 0 Å². The topological polar surface area (TPSA) is 49.0 Å². The van der Waals surface area contributed by atoms with Crippen LogP contribution in [0.25, 0.3) is 72.0 Å². The van der Waals surface area contributed by atoms with Gasteiger partial charge in [0, 0.05) is 33.8 Å². The van der Waals surface area contributed by atoms with Crippen molar-refractivity contribution in [3.63, 3.8) is 0 Å². The number of aromatic nitrogens is 4. The largest absolute Gasteiger partial charge is 0.458 e. The summed E-state index contributed by atoms with van der Waals surface area (Å²) in [7, 11) is -1.83. The molecule has 0 radical (unpaired) electrons. The van der Waals surface area contributed by atoms with Crippen molar-refractivity contribution in [2.75, 3.05) is 0 Å². The first kappa shape index (κ1) is 34.1. The molecule has 0 aliphatic carbocycles. The third-order valence-electron chi connectivity index (χ3n) is 10.9. The van der Waals surface area contributed by atoms with E-state index in [0.29, 0.717) is 0 Å². The van der Waals surface area contributed by atoms with E-state index in [4.69, 9.17) is 14.1 Å². The Balaban J connectivity index is 1.10. The molecule has 0 amide bonds. The number of imidazole rings is 1. The van der Waals surface area contributed by atoms with Crippen molar-refractivity contribution in [3.05, 3.63) is 158 Å². The zero-order valence-corrected chi connectivity index (χ0v) is 33.5. The van der Waals surface area contributed by atoms with Gasteiger partial charge in [0.25, 0.3) is 6.33 Å². The Labute approximate surface area is 326 Å². The summed E-state index contributed by atoms with van der Waals surface area (Å²) in [6, 6.07) is 48.7. The summed E-state index contributed by atoms with van der Waals surface area (Å²) in [6.07, 6.45) is 5.71. The first-order valence-corrected chi connectivity index (χ1v) is 22.7. The Morgan fingerprint density at radius 3 is 2.21 bits per heavy atom. The van der Waals surface area contributed by atoms with Crippen molar-refractivity contribution in [2.24, 2.45) is 0 Å². The highest BCUT2D eigenvalue weighted by Crippen LogP contribution is 2.37. The summed E-state index contributed by atoms with van der Waals surface area (Å²) >= 11 is 0. The average molecular weight is 747 g/mol. The van der Waals surface area contributed by atoms with Crippen LogP contribution in [0, 0.1) is 6.33 Å². The van der Waals surface area contributed by atoms with Gasteiger partial charge in [-0.2, -0.15) is 0 Å². The van der Waals surface area contributed by atoms with Gasteiger partial charge in [0.05, 0.1) is 41.5 Å². The van der Waals surface area contributed by atoms with Crippen molar-refractivity contribution in [1.82, 2.24) is 14.1 Å². The predicted molar refractivity (Wildman–Crippen MR) is 231 cm³/mol. The van der Waals surface area contributed by atoms with Gasteiger partial charge in [0.1, 0.15) is 28.5 Å². The van der Waals surface area contributed by atoms with E-state index in [1.54, 1.807) is 0 Å². The maximum absolute atomic E-state index is 6.70. The number of benzene rings is 6. The molecule has 0 aliphatic rings. The summed E-state index contributed by atoms with van der Waals surface area (Å²) in [5, 5.41) is 5.92. The Hall–Kier alpha value is -6.44. The molecule has 0 bridgehead atoms. The first-order chi connectivity index (χ1) is 27.0. The van der Waals surface area contributed by atoms with Crippen LogP contribution in [0.3, 0.4) is 0 Å². The fourth-order valence-corrected chi connectivity index (χ4v) is 9.67. The molecule has 0 N–H and O–H groups in total. The lowest BCUT2D eigenvalue weighted by molar-refractivity contribution is -0.569.